The maximum absolute atomic E-state index is 12.5. The number of hydrogen-bond acceptors (Lipinski definition) is 3. The standard InChI is InChI=1S/C17H21N3O2S/c21-15(18-12-9-10-12)8-2-1-5-11-20-16(22)13-6-3-4-7-14(13)19-17(20)23/h3-4,6-7,12H,1-2,5,8-11H2,(H,18,21)(H,19,23). The molecule has 1 fully saturated rings. The summed E-state index contributed by atoms with van der Waals surface area (Å²) in [5.74, 6) is 0.146. The van der Waals surface area contributed by atoms with Crippen LogP contribution in [-0.4, -0.2) is 21.5 Å². The van der Waals surface area contributed by atoms with Crippen LogP contribution < -0.4 is 10.9 Å². The second-order valence-corrected chi connectivity index (χ2v) is 6.47. The number of hydrogen-bond donors (Lipinski definition) is 2. The molecule has 0 radical (unpaired) electrons. The van der Waals surface area contributed by atoms with E-state index in [4.69, 9.17) is 12.2 Å². The molecule has 1 aliphatic carbocycles. The number of nitrogens with zero attached hydrogens (tertiary/aromatic N) is 1. The van der Waals surface area contributed by atoms with Crippen LogP contribution >= 0.6 is 12.2 Å². The van der Waals surface area contributed by atoms with Crippen molar-refractivity contribution in [2.75, 3.05) is 0 Å². The molecule has 1 aromatic carbocycles. The van der Waals surface area contributed by atoms with E-state index in [1.54, 1.807) is 4.57 Å². The molecule has 5 nitrogen and oxygen atoms in total. The van der Waals surface area contributed by atoms with E-state index < -0.39 is 0 Å². The number of nitrogens with one attached hydrogen (secondary N) is 2. The van der Waals surface area contributed by atoms with Crippen LogP contribution in [0.4, 0.5) is 0 Å². The van der Waals surface area contributed by atoms with Gasteiger partial charge >= 0.3 is 0 Å². The minimum atomic E-state index is -0.0455. The summed E-state index contributed by atoms with van der Waals surface area (Å²) in [4.78, 5) is 27.2. The molecule has 0 spiro atoms. The lowest BCUT2D eigenvalue weighted by molar-refractivity contribution is -0.121. The predicted molar refractivity (Wildman–Crippen MR) is 93.0 cm³/mol. The van der Waals surface area contributed by atoms with Gasteiger partial charge in [0.2, 0.25) is 5.91 Å². The average molecular weight is 331 g/mol. The maximum atomic E-state index is 12.5. The molecule has 1 aliphatic rings. The number of carbonyl (C=O) groups is 1. The van der Waals surface area contributed by atoms with Crippen LogP contribution in [0.5, 0.6) is 0 Å². The van der Waals surface area contributed by atoms with Gasteiger partial charge in [-0.2, -0.15) is 0 Å². The second-order valence-electron chi connectivity index (χ2n) is 6.08. The Morgan fingerprint density at radius 3 is 2.83 bits per heavy atom. The molecule has 3 rings (SSSR count). The van der Waals surface area contributed by atoms with Gasteiger partial charge in [0.15, 0.2) is 4.77 Å². The molecule has 2 aromatic rings. The number of para-hydroxylation sites is 1. The van der Waals surface area contributed by atoms with E-state index >= 15 is 0 Å². The zero-order valence-electron chi connectivity index (χ0n) is 13.0. The molecule has 0 aliphatic heterocycles. The largest absolute Gasteiger partial charge is 0.353 e. The first kappa shape index (κ1) is 15.9. The van der Waals surface area contributed by atoms with Crippen molar-refractivity contribution in [1.82, 2.24) is 14.9 Å². The van der Waals surface area contributed by atoms with Crippen LogP contribution in [0.15, 0.2) is 29.1 Å². The molecule has 0 unspecified atom stereocenters. The first-order valence-corrected chi connectivity index (χ1v) is 8.57. The van der Waals surface area contributed by atoms with Crippen LogP contribution in [0.3, 0.4) is 0 Å². The first-order valence-electron chi connectivity index (χ1n) is 8.16. The number of unbranched alkanes of at least 4 members (excludes halogenated alkanes) is 2. The smallest absolute Gasteiger partial charge is 0.262 e. The molecule has 2 N–H and O–H groups in total. The van der Waals surface area contributed by atoms with Crippen molar-refractivity contribution in [2.45, 2.75) is 51.1 Å². The number of rotatable bonds is 7. The van der Waals surface area contributed by atoms with Gasteiger partial charge in [-0.05, 0) is 50.0 Å². The van der Waals surface area contributed by atoms with Crippen LogP contribution in [0.1, 0.15) is 38.5 Å². The zero-order valence-corrected chi connectivity index (χ0v) is 13.8. The Morgan fingerprint density at radius 2 is 2.04 bits per heavy atom. The Hall–Kier alpha value is -1.95. The van der Waals surface area contributed by atoms with Crippen molar-refractivity contribution >= 4 is 29.0 Å². The van der Waals surface area contributed by atoms with Crippen molar-refractivity contribution in [3.8, 4) is 0 Å². The molecular weight excluding hydrogens is 310 g/mol. The Balaban J connectivity index is 1.54. The monoisotopic (exact) mass is 331 g/mol. The van der Waals surface area contributed by atoms with Crippen LogP contribution in [0, 0.1) is 4.77 Å². The molecule has 1 amide bonds. The van der Waals surface area contributed by atoms with Gasteiger partial charge in [0.25, 0.3) is 5.56 Å². The zero-order chi connectivity index (χ0) is 16.2. The third kappa shape index (κ3) is 4.07. The third-order valence-corrected chi connectivity index (χ3v) is 4.44. The topological polar surface area (TPSA) is 66.9 Å². The summed E-state index contributed by atoms with van der Waals surface area (Å²) in [6.45, 7) is 0.587. The quantitative estimate of drug-likeness (QED) is 0.605. The highest BCUT2D eigenvalue weighted by Gasteiger charge is 2.22. The summed E-state index contributed by atoms with van der Waals surface area (Å²) in [6, 6.07) is 7.82. The summed E-state index contributed by atoms with van der Waals surface area (Å²) < 4.78 is 2.07. The lowest BCUT2D eigenvalue weighted by Gasteiger charge is -2.08. The van der Waals surface area contributed by atoms with E-state index in [1.807, 2.05) is 24.3 Å². The minimum Gasteiger partial charge on any atom is -0.353 e. The van der Waals surface area contributed by atoms with Crippen molar-refractivity contribution < 1.29 is 4.79 Å². The Kier molecular flexibility index (Phi) is 4.91. The third-order valence-electron chi connectivity index (χ3n) is 4.12. The summed E-state index contributed by atoms with van der Waals surface area (Å²) >= 11 is 5.28. The number of aromatic amines is 1. The Bertz CT molecular complexity index is 820. The maximum Gasteiger partial charge on any atom is 0.262 e. The normalized spacial score (nSPS) is 14.1. The number of fused-ring (bicyclic) bond motifs is 1. The summed E-state index contributed by atoms with van der Waals surface area (Å²) in [5, 5.41) is 3.64. The summed E-state index contributed by atoms with van der Waals surface area (Å²) in [5.41, 5.74) is 0.728. The number of amides is 1. The van der Waals surface area contributed by atoms with Gasteiger partial charge < -0.3 is 10.3 Å². The highest BCUT2D eigenvalue weighted by atomic mass is 32.1. The van der Waals surface area contributed by atoms with Gasteiger partial charge in [0.1, 0.15) is 0 Å². The van der Waals surface area contributed by atoms with E-state index in [0.717, 1.165) is 37.6 Å². The molecule has 6 heteroatoms. The van der Waals surface area contributed by atoms with E-state index in [9.17, 15) is 9.59 Å². The second kappa shape index (κ2) is 7.08. The number of aromatic nitrogens is 2. The first-order chi connectivity index (χ1) is 11.1. The van der Waals surface area contributed by atoms with Gasteiger partial charge in [-0.1, -0.05) is 18.6 Å². The highest BCUT2D eigenvalue weighted by molar-refractivity contribution is 7.71. The van der Waals surface area contributed by atoms with Gasteiger partial charge in [-0.3, -0.25) is 14.2 Å². The fraction of sp³-hybridized carbons (Fsp3) is 0.471. The van der Waals surface area contributed by atoms with Crippen LogP contribution in [0.2, 0.25) is 0 Å². The molecule has 0 atom stereocenters. The number of H-pyrrole nitrogens is 1. The lowest BCUT2D eigenvalue weighted by Crippen LogP contribution is -2.25. The van der Waals surface area contributed by atoms with E-state index in [-0.39, 0.29) is 11.5 Å². The van der Waals surface area contributed by atoms with Gasteiger partial charge in [0, 0.05) is 19.0 Å². The van der Waals surface area contributed by atoms with Crippen molar-refractivity contribution in [3.63, 3.8) is 0 Å². The fourth-order valence-electron chi connectivity index (χ4n) is 2.66. The Morgan fingerprint density at radius 1 is 1.26 bits per heavy atom. The number of benzene rings is 1. The molecule has 0 saturated heterocycles. The fourth-order valence-corrected chi connectivity index (χ4v) is 2.95. The van der Waals surface area contributed by atoms with Crippen LogP contribution in [0.25, 0.3) is 10.9 Å². The average Bonchev–Trinajstić information content (AvgIpc) is 3.33. The van der Waals surface area contributed by atoms with Gasteiger partial charge in [-0.15, -0.1) is 0 Å². The summed E-state index contributed by atoms with van der Waals surface area (Å²) in [7, 11) is 0. The van der Waals surface area contributed by atoms with Crippen molar-refractivity contribution in [1.29, 1.82) is 0 Å². The number of carbonyl (C=O) groups excluding carboxylic acids is 1. The molecule has 1 aromatic heterocycles. The van der Waals surface area contributed by atoms with Gasteiger partial charge in [-0.25, -0.2) is 0 Å². The molecule has 1 heterocycles. The molecule has 122 valence electrons. The Labute approximate surface area is 139 Å². The SMILES string of the molecule is O=C(CCCCCn1c(=S)[nH]c2ccccc2c1=O)NC1CC1. The molecular formula is C17H21N3O2S. The van der Waals surface area contributed by atoms with Gasteiger partial charge in [0.05, 0.1) is 10.9 Å². The van der Waals surface area contributed by atoms with Crippen molar-refractivity contribution in [2.24, 2.45) is 0 Å². The molecule has 1 saturated carbocycles. The summed E-state index contributed by atoms with van der Waals surface area (Å²) in [6.07, 6.45) is 5.40. The predicted octanol–water partition coefficient (Wildman–Crippen LogP) is 2.90. The lowest BCUT2D eigenvalue weighted by atomic mass is 10.2. The molecule has 0 bridgehead atoms. The minimum absolute atomic E-state index is 0.0455. The van der Waals surface area contributed by atoms with E-state index in [0.29, 0.717) is 29.2 Å². The van der Waals surface area contributed by atoms with Crippen LogP contribution in [-0.2, 0) is 11.3 Å². The van der Waals surface area contributed by atoms with E-state index in [1.165, 1.54) is 0 Å². The highest BCUT2D eigenvalue weighted by Crippen LogP contribution is 2.18. The van der Waals surface area contributed by atoms with E-state index in [2.05, 4.69) is 10.3 Å². The van der Waals surface area contributed by atoms with Crippen molar-refractivity contribution in [3.05, 3.63) is 39.4 Å². The molecule has 23 heavy (non-hydrogen) atoms.